The summed E-state index contributed by atoms with van der Waals surface area (Å²) in [6.07, 6.45) is 0.966. The van der Waals surface area contributed by atoms with Crippen molar-refractivity contribution in [1.82, 2.24) is 16.1 Å². The van der Waals surface area contributed by atoms with Gasteiger partial charge in [-0.15, -0.1) is 0 Å². The van der Waals surface area contributed by atoms with Gasteiger partial charge >= 0.3 is 0 Å². The molecule has 34 heavy (non-hydrogen) atoms. The van der Waals surface area contributed by atoms with Gasteiger partial charge in [0.2, 0.25) is 5.91 Å². The van der Waals surface area contributed by atoms with Crippen molar-refractivity contribution >= 4 is 23.4 Å². The second-order valence-electron chi connectivity index (χ2n) is 7.42. The average Bonchev–Trinajstić information content (AvgIpc) is 2.81. The van der Waals surface area contributed by atoms with Crippen molar-refractivity contribution in [2.24, 2.45) is 5.73 Å². The highest BCUT2D eigenvalue weighted by atomic mass is 16.5. The van der Waals surface area contributed by atoms with Gasteiger partial charge < -0.3 is 21.7 Å². The van der Waals surface area contributed by atoms with Gasteiger partial charge in [0, 0.05) is 28.4 Å². The van der Waals surface area contributed by atoms with Crippen molar-refractivity contribution in [2.75, 3.05) is 18.4 Å². The number of hydrogen-bond donors (Lipinski definition) is 6. The fourth-order valence-corrected chi connectivity index (χ4v) is 2.80. The lowest BCUT2D eigenvalue weighted by atomic mass is 10.1. The Morgan fingerprint density at radius 1 is 1.00 bits per heavy atom. The smallest absolute Gasteiger partial charge is 0.267 e. The number of rotatable bonds is 9. The molecule has 0 spiro atoms. The molecule has 3 amide bonds. The summed E-state index contributed by atoms with van der Waals surface area (Å²) in [5.74, 6) is 4.65. The molecular weight excluding hydrogens is 434 g/mol. The molecule has 0 aromatic heterocycles. The number of benzene rings is 2. The normalized spacial score (nSPS) is 11.6. The summed E-state index contributed by atoms with van der Waals surface area (Å²) in [7, 11) is 0. The maximum absolute atomic E-state index is 12.4. The van der Waals surface area contributed by atoms with E-state index in [1.54, 1.807) is 43.3 Å². The van der Waals surface area contributed by atoms with Crippen LogP contribution in [0.15, 0.2) is 48.5 Å². The zero-order valence-electron chi connectivity index (χ0n) is 18.6. The summed E-state index contributed by atoms with van der Waals surface area (Å²) in [5.41, 5.74) is 9.67. The maximum atomic E-state index is 12.4. The highest BCUT2D eigenvalue weighted by Crippen LogP contribution is 2.09. The quantitative estimate of drug-likeness (QED) is 0.143. The molecule has 7 N–H and O–H groups in total. The molecule has 0 aliphatic heterocycles. The highest BCUT2D eigenvalue weighted by molar-refractivity contribution is 5.97. The molecular formula is C25H33N5O4. The van der Waals surface area contributed by atoms with Crippen LogP contribution in [0.1, 0.15) is 49.2 Å². The third kappa shape index (κ3) is 9.03. The molecule has 2 aromatic rings. The first-order chi connectivity index (χ1) is 15.8. The van der Waals surface area contributed by atoms with Crippen LogP contribution in [0.5, 0.6) is 0 Å². The predicted octanol–water partition coefficient (Wildman–Crippen LogP) is 1.61. The second kappa shape index (κ2) is 14.4. The Kier molecular flexibility index (Phi) is 12.0. The van der Waals surface area contributed by atoms with Gasteiger partial charge in [-0.25, -0.2) is 5.48 Å². The molecule has 9 nitrogen and oxygen atoms in total. The second-order valence-corrected chi connectivity index (χ2v) is 7.42. The van der Waals surface area contributed by atoms with Crippen LogP contribution in [0.2, 0.25) is 0 Å². The van der Waals surface area contributed by atoms with Gasteiger partial charge in [0.05, 0.1) is 6.54 Å². The average molecular weight is 468 g/mol. The van der Waals surface area contributed by atoms with Crippen molar-refractivity contribution in [3.63, 3.8) is 0 Å². The van der Waals surface area contributed by atoms with Crippen LogP contribution in [-0.4, -0.2) is 48.1 Å². The maximum Gasteiger partial charge on any atom is 0.267 e. The van der Waals surface area contributed by atoms with E-state index in [4.69, 9.17) is 10.9 Å². The van der Waals surface area contributed by atoms with Crippen LogP contribution in [-0.2, 0) is 9.59 Å². The molecule has 0 saturated carbocycles. The van der Waals surface area contributed by atoms with E-state index in [0.29, 0.717) is 16.8 Å². The fraction of sp³-hybridized carbons (Fsp3) is 0.320. The van der Waals surface area contributed by atoms with Gasteiger partial charge in [-0.3, -0.25) is 19.6 Å². The molecule has 0 fully saturated rings. The number of hydroxylamine groups is 1. The monoisotopic (exact) mass is 467 g/mol. The molecule has 0 heterocycles. The number of hydrogen-bond acceptors (Lipinski definition) is 6. The minimum atomic E-state index is -1.07. The van der Waals surface area contributed by atoms with Gasteiger partial charge in [-0.2, -0.15) is 0 Å². The van der Waals surface area contributed by atoms with Crippen LogP contribution in [0, 0.1) is 11.8 Å². The van der Waals surface area contributed by atoms with E-state index in [1.165, 1.54) is 5.48 Å². The molecule has 2 aromatic carbocycles. The van der Waals surface area contributed by atoms with Gasteiger partial charge in [0.1, 0.15) is 6.04 Å². The highest BCUT2D eigenvalue weighted by Gasteiger charge is 2.24. The largest absolute Gasteiger partial charge is 0.339 e. The zero-order chi connectivity index (χ0) is 24.2. The van der Waals surface area contributed by atoms with E-state index >= 15 is 0 Å². The summed E-state index contributed by atoms with van der Waals surface area (Å²) in [5, 5.41) is 17.1. The Labute approximate surface area is 200 Å². The van der Waals surface area contributed by atoms with Crippen LogP contribution >= 0.6 is 0 Å². The summed E-state index contributed by atoms with van der Waals surface area (Å²) in [4.78, 5) is 35.8. The van der Waals surface area contributed by atoms with Crippen molar-refractivity contribution in [3.05, 3.63) is 65.2 Å². The molecule has 0 aliphatic rings. The number of nitrogens with two attached hydrogens (primary N) is 1. The lowest BCUT2D eigenvalue weighted by molar-refractivity contribution is -0.131. The molecule has 9 heteroatoms. The first kappa shape index (κ1) is 28.3. The van der Waals surface area contributed by atoms with E-state index < -0.39 is 23.9 Å². The van der Waals surface area contributed by atoms with E-state index in [-0.39, 0.29) is 19.9 Å². The first-order valence-corrected chi connectivity index (χ1v) is 10.6. The number of carbonyl (C=O) groups excluding carboxylic acids is 3. The molecule has 0 unspecified atom stereocenters. The molecule has 2 rings (SSSR count). The van der Waals surface area contributed by atoms with E-state index in [0.717, 1.165) is 18.5 Å². The summed E-state index contributed by atoms with van der Waals surface area (Å²) in [6, 6.07) is 12.0. The van der Waals surface area contributed by atoms with Crippen molar-refractivity contribution in [1.29, 1.82) is 0 Å². The Hall–Kier alpha value is -3.71. The van der Waals surface area contributed by atoms with Crippen LogP contribution in [0.3, 0.4) is 0 Å². The molecule has 0 saturated heterocycles. The van der Waals surface area contributed by atoms with Crippen molar-refractivity contribution in [2.45, 2.75) is 39.8 Å². The summed E-state index contributed by atoms with van der Waals surface area (Å²) >= 11 is 0. The third-order valence-corrected chi connectivity index (χ3v) is 4.58. The SMILES string of the molecule is C.CCCNCC(=O)Nc1ccc(C#Cc2ccc(C(=O)N[C@H](C(=O)NO)[C@@H](C)N)cc2)cc1. The van der Waals surface area contributed by atoms with Crippen LogP contribution < -0.4 is 27.2 Å². The van der Waals surface area contributed by atoms with Crippen molar-refractivity contribution < 1.29 is 19.6 Å². The van der Waals surface area contributed by atoms with E-state index in [2.05, 4.69) is 27.8 Å². The molecule has 0 aliphatic carbocycles. The van der Waals surface area contributed by atoms with E-state index in [9.17, 15) is 14.4 Å². The topological polar surface area (TPSA) is 146 Å². The van der Waals surface area contributed by atoms with Crippen LogP contribution in [0.4, 0.5) is 5.69 Å². The molecule has 0 radical (unpaired) electrons. The van der Waals surface area contributed by atoms with E-state index in [1.807, 2.05) is 19.1 Å². The molecule has 0 bridgehead atoms. The third-order valence-electron chi connectivity index (χ3n) is 4.58. The number of amides is 3. The molecule has 2 atom stereocenters. The van der Waals surface area contributed by atoms with Gasteiger partial charge in [0.15, 0.2) is 0 Å². The molecule has 182 valence electrons. The Morgan fingerprint density at radius 3 is 2.06 bits per heavy atom. The van der Waals surface area contributed by atoms with Crippen LogP contribution in [0.25, 0.3) is 0 Å². The fourth-order valence-electron chi connectivity index (χ4n) is 2.80. The summed E-state index contributed by atoms with van der Waals surface area (Å²) < 4.78 is 0. The summed E-state index contributed by atoms with van der Waals surface area (Å²) in [6.45, 7) is 4.64. The lowest BCUT2D eigenvalue weighted by Gasteiger charge is -2.20. The Morgan fingerprint density at radius 2 is 1.56 bits per heavy atom. The predicted molar refractivity (Wildman–Crippen MR) is 132 cm³/mol. The van der Waals surface area contributed by atoms with Gasteiger partial charge in [-0.1, -0.05) is 26.2 Å². The van der Waals surface area contributed by atoms with Gasteiger partial charge in [-0.05, 0) is 68.4 Å². The Balaban J connectivity index is 0.00000578. The zero-order valence-corrected chi connectivity index (χ0v) is 18.6. The number of nitrogens with one attached hydrogen (secondary N) is 4. The van der Waals surface area contributed by atoms with Gasteiger partial charge in [0.25, 0.3) is 11.8 Å². The number of carbonyl (C=O) groups is 3. The minimum absolute atomic E-state index is 0. The lowest BCUT2D eigenvalue weighted by Crippen LogP contribution is -2.54. The standard InChI is InChI=1S/C24H29N5O4.CH4/c1-3-14-26-15-21(30)27-20-12-8-18(9-13-20)5-4-17-6-10-19(11-7-17)23(31)28-22(16(2)25)24(32)29-33;/h6-13,16,22,26,33H,3,14-15,25H2,1-2H3,(H,27,30)(H,28,31)(H,29,32);1H4/t16-,22+;/m1./s1. The minimum Gasteiger partial charge on any atom is -0.339 e. The Bertz CT molecular complexity index is 1010. The number of anilines is 1. The van der Waals surface area contributed by atoms with Crippen molar-refractivity contribution in [3.8, 4) is 11.8 Å². The first-order valence-electron chi connectivity index (χ1n) is 10.6.